The minimum absolute atomic E-state index is 0.0581. The predicted molar refractivity (Wildman–Crippen MR) is 78.6 cm³/mol. The van der Waals surface area contributed by atoms with Gasteiger partial charge in [-0.1, -0.05) is 6.07 Å². The van der Waals surface area contributed by atoms with E-state index in [4.69, 9.17) is 0 Å². The third-order valence-electron chi connectivity index (χ3n) is 3.11. The van der Waals surface area contributed by atoms with Gasteiger partial charge < -0.3 is 14.5 Å². The Kier molecular flexibility index (Phi) is 5.42. The molecule has 2 aromatic rings. The summed E-state index contributed by atoms with van der Waals surface area (Å²) < 4.78 is 35.7. The van der Waals surface area contributed by atoms with Crippen LogP contribution >= 0.6 is 0 Å². The standard InChI is InChI=1S/C15H12F2N2O6/c1-8(10-3-2-9(16)6-11(10)17)18-13(20)7-24-15(21)12-4-5-14(25-12)19(22)23/h2-6,8H,7H2,1H3,(H,18,20)/t8-/m0/s1. The fourth-order valence-corrected chi connectivity index (χ4v) is 1.95. The Morgan fingerprint density at radius 3 is 2.64 bits per heavy atom. The summed E-state index contributed by atoms with van der Waals surface area (Å²) >= 11 is 0. The molecule has 10 heteroatoms. The molecule has 0 bridgehead atoms. The number of nitrogens with one attached hydrogen (secondary N) is 1. The lowest BCUT2D eigenvalue weighted by atomic mass is 10.1. The summed E-state index contributed by atoms with van der Waals surface area (Å²) in [5, 5.41) is 12.8. The average molecular weight is 354 g/mol. The molecule has 1 atom stereocenters. The number of hydrogen-bond donors (Lipinski definition) is 1. The zero-order chi connectivity index (χ0) is 18.6. The highest BCUT2D eigenvalue weighted by Crippen LogP contribution is 2.18. The third-order valence-corrected chi connectivity index (χ3v) is 3.11. The van der Waals surface area contributed by atoms with E-state index in [1.165, 1.54) is 13.0 Å². The summed E-state index contributed by atoms with van der Waals surface area (Å²) in [6.07, 6.45) is 0. The van der Waals surface area contributed by atoms with Gasteiger partial charge in [0.2, 0.25) is 5.76 Å². The van der Waals surface area contributed by atoms with Crippen LogP contribution in [0, 0.1) is 21.7 Å². The quantitative estimate of drug-likeness (QED) is 0.485. The van der Waals surface area contributed by atoms with E-state index in [2.05, 4.69) is 14.5 Å². The van der Waals surface area contributed by atoms with Crippen molar-refractivity contribution >= 4 is 17.8 Å². The molecule has 0 aliphatic heterocycles. The number of rotatable bonds is 6. The number of nitrogens with zero attached hydrogens (tertiary/aromatic N) is 1. The zero-order valence-corrected chi connectivity index (χ0v) is 12.8. The van der Waals surface area contributed by atoms with Crippen molar-refractivity contribution in [2.75, 3.05) is 6.61 Å². The Morgan fingerprint density at radius 1 is 1.32 bits per heavy atom. The summed E-state index contributed by atoms with van der Waals surface area (Å²) in [7, 11) is 0. The molecule has 0 saturated carbocycles. The fraction of sp³-hybridized carbons (Fsp3) is 0.200. The van der Waals surface area contributed by atoms with E-state index in [1.54, 1.807) is 0 Å². The number of ether oxygens (including phenoxy) is 1. The van der Waals surface area contributed by atoms with Crippen molar-refractivity contribution in [1.82, 2.24) is 5.32 Å². The minimum Gasteiger partial charge on any atom is -0.450 e. The number of hydrogen-bond acceptors (Lipinski definition) is 6. The maximum atomic E-state index is 13.6. The second kappa shape index (κ2) is 7.51. The highest BCUT2D eigenvalue weighted by molar-refractivity contribution is 5.89. The number of amides is 1. The van der Waals surface area contributed by atoms with Gasteiger partial charge in [-0.2, -0.15) is 0 Å². The van der Waals surface area contributed by atoms with Crippen molar-refractivity contribution in [2.24, 2.45) is 0 Å². The van der Waals surface area contributed by atoms with Crippen molar-refractivity contribution in [3.05, 3.63) is 63.4 Å². The summed E-state index contributed by atoms with van der Waals surface area (Å²) in [5.41, 5.74) is 0.0581. The molecule has 1 heterocycles. The molecule has 0 aliphatic rings. The van der Waals surface area contributed by atoms with Crippen LogP contribution in [-0.2, 0) is 9.53 Å². The molecule has 0 unspecified atom stereocenters. The van der Waals surface area contributed by atoms with Gasteiger partial charge >= 0.3 is 11.9 Å². The number of furan rings is 1. The van der Waals surface area contributed by atoms with Crippen LogP contribution in [0.4, 0.5) is 14.7 Å². The van der Waals surface area contributed by atoms with Gasteiger partial charge in [-0.3, -0.25) is 14.9 Å². The molecule has 2 rings (SSSR count). The number of halogens is 2. The zero-order valence-electron chi connectivity index (χ0n) is 12.8. The van der Waals surface area contributed by atoms with Gasteiger partial charge in [0.1, 0.15) is 16.6 Å². The highest BCUT2D eigenvalue weighted by atomic mass is 19.1. The summed E-state index contributed by atoms with van der Waals surface area (Å²) in [6, 6.07) is 4.12. The topological polar surface area (TPSA) is 112 Å². The molecular formula is C15H12F2N2O6. The van der Waals surface area contributed by atoms with Crippen LogP contribution in [0.2, 0.25) is 0 Å². The SMILES string of the molecule is C[C@H](NC(=O)COC(=O)c1ccc([N+](=O)[O-])o1)c1ccc(F)cc1F. The lowest BCUT2D eigenvalue weighted by Crippen LogP contribution is -2.31. The van der Waals surface area contributed by atoms with E-state index in [0.29, 0.717) is 6.07 Å². The Hall–Kier alpha value is -3.30. The molecular weight excluding hydrogens is 342 g/mol. The van der Waals surface area contributed by atoms with Gasteiger partial charge in [-0.05, 0) is 19.1 Å². The van der Waals surface area contributed by atoms with Crippen LogP contribution in [0.5, 0.6) is 0 Å². The van der Waals surface area contributed by atoms with Crippen molar-refractivity contribution < 1.29 is 32.4 Å². The first kappa shape index (κ1) is 18.0. The van der Waals surface area contributed by atoms with E-state index in [1.807, 2.05) is 0 Å². The van der Waals surface area contributed by atoms with Gasteiger partial charge in [0.05, 0.1) is 12.1 Å². The molecule has 0 radical (unpaired) electrons. The average Bonchev–Trinajstić information content (AvgIpc) is 3.02. The maximum absolute atomic E-state index is 13.6. The largest absolute Gasteiger partial charge is 0.450 e. The summed E-state index contributed by atoms with van der Waals surface area (Å²) in [4.78, 5) is 33.0. The first-order chi connectivity index (χ1) is 11.8. The smallest absolute Gasteiger partial charge is 0.433 e. The maximum Gasteiger partial charge on any atom is 0.433 e. The van der Waals surface area contributed by atoms with Gasteiger partial charge in [0, 0.05) is 11.6 Å². The Labute approximate surface area is 139 Å². The van der Waals surface area contributed by atoms with Crippen LogP contribution in [0.25, 0.3) is 0 Å². The number of carbonyl (C=O) groups excluding carboxylic acids is 2. The molecule has 25 heavy (non-hydrogen) atoms. The Balaban J connectivity index is 1.89. The number of esters is 1. The van der Waals surface area contributed by atoms with E-state index in [0.717, 1.165) is 18.2 Å². The van der Waals surface area contributed by atoms with Gasteiger partial charge in [-0.25, -0.2) is 13.6 Å². The molecule has 1 amide bonds. The Morgan fingerprint density at radius 2 is 2.04 bits per heavy atom. The lowest BCUT2D eigenvalue weighted by molar-refractivity contribution is -0.402. The van der Waals surface area contributed by atoms with Crippen molar-refractivity contribution in [3.63, 3.8) is 0 Å². The monoisotopic (exact) mass is 354 g/mol. The summed E-state index contributed by atoms with van der Waals surface area (Å²) in [5.74, 6) is -4.46. The third kappa shape index (κ3) is 4.59. The molecule has 0 aliphatic carbocycles. The molecule has 0 saturated heterocycles. The van der Waals surface area contributed by atoms with Crippen LogP contribution in [0.3, 0.4) is 0 Å². The summed E-state index contributed by atoms with van der Waals surface area (Å²) in [6.45, 7) is 0.756. The van der Waals surface area contributed by atoms with Gasteiger partial charge in [-0.15, -0.1) is 0 Å². The van der Waals surface area contributed by atoms with Crippen LogP contribution < -0.4 is 5.32 Å². The van der Waals surface area contributed by atoms with E-state index in [-0.39, 0.29) is 5.56 Å². The second-order valence-electron chi connectivity index (χ2n) is 4.93. The fourth-order valence-electron chi connectivity index (χ4n) is 1.95. The number of carbonyl (C=O) groups is 2. The van der Waals surface area contributed by atoms with E-state index in [9.17, 15) is 28.5 Å². The molecule has 1 aromatic carbocycles. The molecule has 8 nitrogen and oxygen atoms in total. The molecule has 1 N–H and O–H groups in total. The first-order valence-electron chi connectivity index (χ1n) is 6.93. The van der Waals surface area contributed by atoms with Crippen LogP contribution in [-0.4, -0.2) is 23.4 Å². The first-order valence-corrected chi connectivity index (χ1v) is 6.93. The normalized spacial score (nSPS) is 11.6. The van der Waals surface area contributed by atoms with E-state index < -0.39 is 52.7 Å². The van der Waals surface area contributed by atoms with Gasteiger partial charge in [0.25, 0.3) is 5.91 Å². The van der Waals surface area contributed by atoms with Crippen molar-refractivity contribution in [1.29, 1.82) is 0 Å². The molecule has 0 fully saturated rings. The van der Waals surface area contributed by atoms with Crippen LogP contribution in [0.15, 0.2) is 34.7 Å². The van der Waals surface area contributed by atoms with Gasteiger partial charge in [0.15, 0.2) is 6.61 Å². The number of nitro groups is 1. The molecule has 1 aromatic heterocycles. The van der Waals surface area contributed by atoms with Crippen molar-refractivity contribution in [3.8, 4) is 0 Å². The van der Waals surface area contributed by atoms with Crippen molar-refractivity contribution in [2.45, 2.75) is 13.0 Å². The second-order valence-corrected chi connectivity index (χ2v) is 4.93. The van der Waals surface area contributed by atoms with E-state index >= 15 is 0 Å². The minimum atomic E-state index is -1.07. The number of benzene rings is 1. The Bertz CT molecular complexity index is 820. The molecule has 0 spiro atoms. The van der Waals surface area contributed by atoms with Crippen LogP contribution in [0.1, 0.15) is 29.1 Å². The lowest BCUT2D eigenvalue weighted by Gasteiger charge is -2.15. The highest BCUT2D eigenvalue weighted by Gasteiger charge is 2.20. The predicted octanol–water partition coefficient (Wildman–Crippen LogP) is 2.50. The molecule has 132 valence electrons.